The average Bonchev–Trinajstić information content (AvgIpc) is 2.79. The van der Waals surface area contributed by atoms with Gasteiger partial charge in [-0.05, 0) is 37.0 Å². The van der Waals surface area contributed by atoms with Gasteiger partial charge in [0.05, 0.1) is 0 Å². The van der Waals surface area contributed by atoms with Gasteiger partial charge in [-0.1, -0.05) is 0 Å². The van der Waals surface area contributed by atoms with Crippen LogP contribution in [0.2, 0.25) is 0 Å². The van der Waals surface area contributed by atoms with Gasteiger partial charge in [0, 0.05) is 5.54 Å². The van der Waals surface area contributed by atoms with Crippen LogP contribution >= 0.6 is 0 Å². The number of aromatic hydroxyl groups is 1. The van der Waals surface area contributed by atoms with Crippen LogP contribution in [0.3, 0.4) is 0 Å². The largest absolute Gasteiger partial charge is 0.503 e. The van der Waals surface area contributed by atoms with Crippen LogP contribution < -0.4 is 5.73 Å². The fourth-order valence-electron chi connectivity index (χ4n) is 1.46. The number of hydrogen-bond acceptors (Lipinski definition) is 2. The molecular weight excluding hydrogens is 188 g/mol. The lowest BCUT2D eigenvalue weighted by atomic mass is 10.0. The summed E-state index contributed by atoms with van der Waals surface area (Å²) in [6.45, 7) is 0. The van der Waals surface area contributed by atoms with Gasteiger partial charge in [-0.25, -0.2) is 8.78 Å². The summed E-state index contributed by atoms with van der Waals surface area (Å²) in [7, 11) is 0. The van der Waals surface area contributed by atoms with Crippen LogP contribution in [0.1, 0.15) is 18.4 Å². The fourth-order valence-corrected chi connectivity index (χ4v) is 1.46. The highest BCUT2D eigenvalue weighted by Crippen LogP contribution is 2.36. The molecule has 14 heavy (non-hydrogen) atoms. The molecule has 0 heterocycles. The number of phenols is 1. The van der Waals surface area contributed by atoms with E-state index >= 15 is 0 Å². The van der Waals surface area contributed by atoms with Gasteiger partial charge in [0.15, 0.2) is 17.4 Å². The topological polar surface area (TPSA) is 46.2 Å². The lowest BCUT2D eigenvalue weighted by Gasteiger charge is -2.09. The summed E-state index contributed by atoms with van der Waals surface area (Å²) >= 11 is 0. The van der Waals surface area contributed by atoms with Crippen LogP contribution in [0.15, 0.2) is 12.1 Å². The third-order valence-electron chi connectivity index (χ3n) is 2.53. The molecule has 1 aromatic carbocycles. The molecule has 2 rings (SSSR count). The molecule has 1 saturated carbocycles. The van der Waals surface area contributed by atoms with Gasteiger partial charge in [0.1, 0.15) is 0 Å². The Morgan fingerprint density at radius 2 is 1.79 bits per heavy atom. The first-order valence-electron chi connectivity index (χ1n) is 4.46. The van der Waals surface area contributed by atoms with E-state index < -0.39 is 17.4 Å². The highest BCUT2D eigenvalue weighted by atomic mass is 19.1. The number of rotatable bonds is 2. The first kappa shape index (κ1) is 9.40. The van der Waals surface area contributed by atoms with E-state index in [9.17, 15) is 8.78 Å². The van der Waals surface area contributed by atoms with Crippen molar-refractivity contribution >= 4 is 0 Å². The summed E-state index contributed by atoms with van der Waals surface area (Å²) < 4.78 is 25.8. The molecule has 1 fully saturated rings. The van der Waals surface area contributed by atoms with E-state index in [-0.39, 0.29) is 5.54 Å². The van der Waals surface area contributed by atoms with Crippen LogP contribution in [0.5, 0.6) is 5.75 Å². The van der Waals surface area contributed by atoms with Crippen molar-refractivity contribution in [3.63, 3.8) is 0 Å². The van der Waals surface area contributed by atoms with Crippen LogP contribution in [0, 0.1) is 11.6 Å². The SMILES string of the molecule is NC1(Cc2cc(F)c(O)c(F)c2)CC1. The van der Waals surface area contributed by atoms with Crippen molar-refractivity contribution < 1.29 is 13.9 Å². The van der Waals surface area contributed by atoms with Gasteiger partial charge in [-0.2, -0.15) is 0 Å². The first-order chi connectivity index (χ1) is 6.50. The van der Waals surface area contributed by atoms with Crippen LogP contribution in [-0.4, -0.2) is 10.6 Å². The Hall–Kier alpha value is -1.16. The quantitative estimate of drug-likeness (QED) is 0.761. The van der Waals surface area contributed by atoms with E-state index in [2.05, 4.69) is 0 Å². The molecule has 1 aromatic rings. The maximum absolute atomic E-state index is 12.9. The van der Waals surface area contributed by atoms with E-state index in [1.807, 2.05) is 0 Å². The zero-order valence-electron chi connectivity index (χ0n) is 7.56. The van der Waals surface area contributed by atoms with Gasteiger partial charge in [-0.3, -0.25) is 0 Å². The summed E-state index contributed by atoms with van der Waals surface area (Å²) in [4.78, 5) is 0. The zero-order chi connectivity index (χ0) is 10.3. The zero-order valence-corrected chi connectivity index (χ0v) is 7.56. The molecule has 0 aromatic heterocycles. The fraction of sp³-hybridized carbons (Fsp3) is 0.400. The van der Waals surface area contributed by atoms with Crippen LogP contribution in [0.25, 0.3) is 0 Å². The summed E-state index contributed by atoms with van der Waals surface area (Å²) in [6.07, 6.45) is 2.23. The van der Waals surface area contributed by atoms with Crippen molar-refractivity contribution in [2.24, 2.45) is 5.73 Å². The van der Waals surface area contributed by atoms with E-state index in [0.29, 0.717) is 12.0 Å². The van der Waals surface area contributed by atoms with Crippen LogP contribution in [0.4, 0.5) is 8.78 Å². The van der Waals surface area contributed by atoms with Gasteiger partial charge >= 0.3 is 0 Å². The molecule has 0 radical (unpaired) electrons. The lowest BCUT2D eigenvalue weighted by Crippen LogP contribution is -2.24. The molecule has 0 amide bonds. The average molecular weight is 199 g/mol. The molecule has 0 saturated heterocycles. The predicted octanol–water partition coefficient (Wildman–Crippen LogP) is 1.70. The molecule has 0 unspecified atom stereocenters. The summed E-state index contributed by atoms with van der Waals surface area (Å²) in [5, 5.41) is 8.86. The molecule has 0 atom stereocenters. The minimum atomic E-state index is -0.927. The van der Waals surface area contributed by atoms with E-state index in [0.717, 1.165) is 25.0 Å². The second-order valence-electron chi connectivity index (χ2n) is 3.95. The summed E-state index contributed by atoms with van der Waals surface area (Å²) in [5.74, 6) is -2.77. The normalized spacial score (nSPS) is 18.2. The Bertz CT molecular complexity index is 351. The minimum absolute atomic E-state index is 0.282. The lowest BCUT2D eigenvalue weighted by molar-refractivity contribution is 0.395. The molecule has 3 N–H and O–H groups in total. The molecule has 76 valence electrons. The summed E-state index contributed by atoms with van der Waals surface area (Å²) in [6, 6.07) is 2.26. The van der Waals surface area contributed by atoms with Gasteiger partial charge in [0.25, 0.3) is 0 Å². The molecule has 1 aliphatic rings. The Morgan fingerprint density at radius 3 is 2.21 bits per heavy atom. The Labute approximate surface area is 80.4 Å². The van der Waals surface area contributed by atoms with Gasteiger partial charge in [0.2, 0.25) is 0 Å². The number of benzene rings is 1. The highest BCUT2D eigenvalue weighted by molar-refractivity contribution is 5.31. The number of hydrogen-bond donors (Lipinski definition) is 2. The number of nitrogens with two attached hydrogens (primary N) is 1. The van der Waals surface area contributed by atoms with Crippen molar-refractivity contribution in [3.8, 4) is 5.75 Å². The monoisotopic (exact) mass is 199 g/mol. The maximum Gasteiger partial charge on any atom is 0.187 e. The minimum Gasteiger partial charge on any atom is -0.503 e. The Morgan fingerprint density at radius 1 is 1.29 bits per heavy atom. The first-order valence-corrected chi connectivity index (χ1v) is 4.46. The van der Waals surface area contributed by atoms with E-state index in [4.69, 9.17) is 10.8 Å². The molecule has 0 spiro atoms. The van der Waals surface area contributed by atoms with E-state index in [1.54, 1.807) is 0 Å². The van der Waals surface area contributed by atoms with Crippen molar-refractivity contribution in [1.82, 2.24) is 0 Å². The third kappa shape index (κ3) is 1.70. The smallest absolute Gasteiger partial charge is 0.187 e. The maximum atomic E-state index is 12.9. The van der Waals surface area contributed by atoms with Gasteiger partial charge < -0.3 is 10.8 Å². The molecule has 0 bridgehead atoms. The number of phenolic OH excluding ortho intramolecular Hbond substituents is 1. The second-order valence-corrected chi connectivity index (χ2v) is 3.95. The van der Waals surface area contributed by atoms with Crippen LogP contribution in [-0.2, 0) is 6.42 Å². The summed E-state index contributed by atoms with van der Waals surface area (Å²) in [5.41, 5.74) is 6.03. The predicted molar refractivity (Wildman–Crippen MR) is 47.9 cm³/mol. The highest BCUT2D eigenvalue weighted by Gasteiger charge is 2.38. The van der Waals surface area contributed by atoms with Gasteiger partial charge in [-0.15, -0.1) is 0 Å². The van der Waals surface area contributed by atoms with Crippen molar-refractivity contribution in [3.05, 3.63) is 29.3 Å². The number of halogens is 2. The molecule has 1 aliphatic carbocycles. The van der Waals surface area contributed by atoms with Crippen molar-refractivity contribution in [2.45, 2.75) is 24.8 Å². The molecule has 4 heteroatoms. The third-order valence-corrected chi connectivity index (χ3v) is 2.53. The van der Waals surface area contributed by atoms with Crippen molar-refractivity contribution in [2.75, 3.05) is 0 Å². The Kier molecular flexibility index (Phi) is 1.96. The standard InChI is InChI=1S/C10H11F2NO/c11-7-3-6(4-8(12)9(7)14)5-10(13)1-2-10/h3-4,14H,1-2,5,13H2. The molecular formula is C10H11F2NO. The Balaban J connectivity index is 2.26. The van der Waals surface area contributed by atoms with Crippen molar-refractivity contribution in [1.29, 1.82) is 0 Å². The molecule has 0 aliphatic heterocycles. The second kappa shape index (κ2) is 2.92. The molecule has 2 nitrogen and oxygen atoms in total. The van der Waals surface area contributed by atoms with E-state index in [1.165, 1.54) is 0 Å².